The van der Waals surface area contributed by atoms with Crippen molar-refractivity contribution < 1.29 is 9.57 Å². The van der Waals surface area contributed by atoms with Crippen molar-refractivity contribution in [3.05, 3.63) is 60.2 Å². The van der Waals surface area contributed by atoms with Gasteiger partial charge in [-0.05, 0) is 43.7 Å². The molecular weight excluding hydrogens is 354 g/mol. The third kappa shape index (κ3) is 4.65. The van der Waals surface area contributed by atoms with Crippen molar-refractivity contribution in [2.24, 2.45) is 21.5 Å². The molecule has 0 spiro atoms. The highest BCUT2D eigenvalue weighted by Gasteiger charge is 2.33. The first-order valence-electron chi connectivity index (χ1n) is 7.88. The van der Waals surface area contributed by atoms with Crippen molar-refractivity contribution in [1.82, 2.24) is 5.06 Å². The standard InChI is InChI=1S/C18H21N5O2.ClH/c1-18(2)22-16(19)21-17(20)23(18)24-12-13-7-6-10-15(11-13)25-14-8-4-3-5-9-14;/h3-11H,12H2,1-2H3,(H4,19,20,21,22);1H. The minimum Gasteiger partial charge on any atom is -0.457 e. The predicted molar refractivity (Wildman–Crippen MR) is 104 cm³/mol. The number of ether oxygens (including phenoxy) is 1. The van der Waals surface area contributed by atoms with Gasteiger partial charge in [0.25, 0.3) is 0 Å². The first-order chi connectivity index (χ1) is 11.9. The highest BCUT2D eigenvalue weighted by Crippen LogP contribution is 2.24. The molecule has 1 aliphatic rings. The van der Waals surface area contributed by atoms with Gasteiger partial charge in [0.2, 0.25) is 11.9 Å². The summed E-state index contributed by atoms with van der Waals surface area (Å²) in [5.74, 6) is 1.82. The normalized spacial score (nSPS) is 15.5. The van der Waals surface area contributed by atoms with E-state index in [0.29, 0.717) is 6.61 Å². The van der Waals surface area contributed by atoms with Crippen LogP contribution in [0.25, 0.3) is 0 Å². The number of hydroxylamine groups is 2. The highest BCUT2D eigenvalue weighted by molar-refractivity contribution is 5.95. The summed E-state index contributed by atoms with van der Waals surface area (Å²) in [5, 5.41) is 1.45. The van der Waals surface area contributed by atoms with E-state index in [1.807, 2.05) is 68.4 Å². The molecule has 0 amide bonds. The second-order valence-corrected chi connectivity index (χ2v) is 6.06. The van der Waals surface area contributed by atoms with E-state index in [1.165, 1.54) is 5.06 Å². The molecule has 3 rings (SSSR count). The van der Waals surface area contributed by atoms with Crippen LogP contribution in [-0.2, 0) is 11.4 Å². The monoisotopic (exact) mass is 375 g/mol. The molecule has 0 radical (unpaired) electrons. The van der Waals surface area contributed by atoms with Gasteiger partial charge in [0, 0.05) is 0 Å². The van der Waals surface area contributed by atoms with Crippen molar-refractivity contribution in [3.63, 3.8) is 0 Å². The number of hydrogen-bond acceptors (Lipinski definition) is 7. The minimum atomic E-state index is -0.728. The summed E-state index contributed by atoms with van der Waals surface area (Å²) in [6, 6.07) is 17.3. The molecule has 0 atom stereocenters. The molecule has 1 heterocycles. The molecule has 4 N–H and O–H groups in total. The SMILES string of the molecule is CC1(C)N=C(N)N=C(N)N1OCc1cccc(Oc2ccccc2)c1.Cl. The molecule has 7 nitrogen and oxygen atoms in total. The fraction of sp³-hybridized carbons (Fsp3) is 0.222. The van der Waals surface area contributed by atoms with Gasteiger partial charge in [-0.1, -0.05) is 30.3 Å². The zero-order valence-electron chi connectivity index (χ0n) is 14.6. The van der Waals surface area contributed by atoms with E-state index in [0.717, 1.165) is 17.1 Å². The van der Waals surface area contributed by atoms with Gasteiger partial charge in [0.05, 0.1) is 0 Å². The van der Waals surface area contributed by atoms with Crippen LogP contribution < -0.4 is 16.2 Å². The fourth-order valence-electron chi connectivity index (χ4n) is 2.48. The lowest BCUT2D eigenvalue weighted by Crippen LogP contribution is -2.53. The molecule has 0 fully saturated rings. The molecule has 0 bridgehead atoms. The zero-order valence-corrected chi connectivity index (χ0v) is 15.4. The Morgan fingerprint density at radius 3 is 2.38 bits per heavy atom. The first kappa shape index (κ1) is 19.6. The van der Waals surface area contributed by atoms with E-state index < -0.39 is 5.66 Å². The Bertz CT molecular complexity index is 808. The summed E-state index contributed by atoms with van der Waals surface area (Å²) < 4.78 is 5.83. The number of benzene rings is 2. The summed E-state index contributed by atoms with van der Waals surface area (Å²) in [4.78, 5) is 14.0. The molecule has 8 heteroatoms. The predicted octanol–water partition coefficient (Wildman–Crippen LogP) is 3.01. The number of aliphatic imine (C=N–C) groups is 2. The second-order valence-electron chi connectivity index (χ2n) is 6.06. The topological polar surface area (TPSA) is 98.5 Å². The van der Waals surface area contributed by atoms with Gasteiger partial charge in [0.1, 0.15) is 18.1 Å². The average Bonchev–Trinajstić information content (AvgIpc) is 2.54. The molecule has 2 aromatic carbocycles. The maximum Gasteiger partial charge on any atom is 0.226 e. The molecule has 0 aliphatic carbocycles. The fourth-order valence-corrected chi connectivity index (χ4v) is 2.48. The molecule has 0 unspecified atom stereocenters. The van der Waals surface area contributed by atoms with Crippen LogP contribution in [0.2, 0.25) is 0 Å². The Hall–Kier alpha value is -2.77. The van der Waals surface area contributed by atoms with Crippen LogP contribution in [0.15, 0.2) is 64.6 Å². The third-order valence-electron chi connectivity index (χ3n) is 3.56. The van der Waals surface area contributed by atoms with Crippen LogP contribution in [0.1, 0.15) is 19.4 Å². The van der Waals surface area contributed by atoms with Gasteiger partial charge in [-0.3, -0.25) is 4.84 Å². The first-order valence-corrected chi connectivity index (χ1v) is 7.88. The third-order valence-corrected chi connectivity index (χ3v) is 3.56. The maximum atomic E-state index is 5.91. The molecule has 26 heavy (non-hydrogen) atoms. The van der Waals surface area contributed by atoms with Gasteiger partial charge < -0.3 is 16.2 Å². The van der Waals surface area contributed by atoms with Crippen LogP contribution >= 0.6 is 12.4 Å². The van der Waals surface area contributed by atoms with E-state index >= 15 is 0 Å². The number of nitrogens with zero attached hydrogens (tertiary/aromatic N) is 3. The van der Waals surface area contributed by atoms with E-state index in [-0.39, 0.29) is 24.3 Å². The van der Waals surface area contributed by atoms with Crippen LogP contribution in [0.3, 0.4) is 0 Å². The summed E-state index contributed by atoms with van der Waals surface area (Å²) >= 11 is 0. The van der Waals surface area contributed by atoms with E-state index in [9.17, 15) is 0 Å². The Morgan fingerprint density at radius 1 is 1.00 bits per heavy atom. The Kier molecular flexibility index (Phi) is 6.07. The highest BCUT2D eigenvalue weighted by atomic mass is 35.5. The summed E-state index contributed by atoms with van der Waals surface area (Å²) in [5.41, 5.74) is 11.8. The summed E-state index contributed by atoms with van der Waals surface area (Å²) in [6.45, 7) is 3.98. The number of guanidine groups is 2. The van der Waals surface area contributed by atoms with Crippen LogP contribution in [-0.4, -0.2) is 22.6 Å². The van der Waals surface area contributed by atoms with Crippen molar-refractivity contribution in [2.75, 3.05) is 0 Å². The molecule has 2 aromatic rings. The van der Waals surface area contributed by atoms with E-state index in [1.54, 1.807) is 0 Å². The smallest absolute Gasteiger partial charge is 0.226 e. The molecule has 1 aliphatic heterocycles. The number of rotatable bonds is 5. The average molecular weight is 376 g/mol. The van der Waals surface area contributed by atoms with Crippen molar-refractivity contribution in [2.45, 2.75) is 26.1 Å². The Morgan fingerprint density at radius 2 is 1.69 bits per heavy atom. The van der Waals surface area contributed by atoms with Crippen LogP contribution in [0, 0.1) is 0 Å². The van der Waals surface area contributed by atoms with Gasteiger partial charge >= 0.3 is 0 Å². The maximum absolute atomic E-state index is 5.91. The largest absolute Gasteiger partial charge is 0.457 e. The summed E-state index contributed by atoms with van der Waals surface area (Å²) in [7, 11) is 0. The van der Waals surface area contributed by atoms with Crippen LogP contribution in [0.5, 0.6) is 11.5 Å². The van der Waals surface area contributed by atoms with Crippen molar-refractivity contribution >= 4 is 24.3 Å². The van der Waals surface area contributed by atoms with E-state index in [4.69, 9.17) is 21.0 Å². The molecular formula is C18H22ClN5O2. The van der Waals surface area contributed by atoms with Crippen molar-refractivity contribution in [3.8, 4) is 11.5 Å². The lowest BCUT2D eigenvalue weighted by atomic mass is 10.2. The lowest BCUT2D eigenvalue weighted by Gasteiger charge is -2.36. The molecule has 0 saturated heterocycles. The van der Waals surface area contributed by atoms with Gasteiger partial charge in [-0.2, -0.15) is 10.1 Å². The number of halogens is 1. The number of para-hydroxylation sites is 1. The van der Waals surface area contributed by atoms with Crippen molar-refractivity contribution in [1.29, 1.82) is 0 Å². The zero-order chi connectivity index (χ0) is 17.9. The van der Waals surface area contributed by atoms with Gasteiger partial charge in [-0.25, -0.2) is 4.99 Å². The molecule has 0 saturated carbocycles. The number of nitrogens with two attached hydrogens (primary N) is 2. The van der Waals surface area contributed by atoms with Gasteiger partial charge in [-0.15, -0.1) is 12.4 Å². The number of hydrogen-bond donors (Lipinski definition) is 2. The van der Waals surface area contributed by atoms with Crippen LogP contribution in [0.4, 0.5) is 0 Å². The van der Waals surface area contributed by atoms with E-state index in [2.05, 4.69) is 9.98 Å². The Labute approximate surface area is 158 Å². The lowest BCUT2D eigenvalue weighted by molar-refractivity contribution is -0.166. The summed E-state index contributed by atoms with van der Waals surface area (Å²) in [6.07, 6.45) is 0. The quantitative estimate of drug-likeness (QED) is 0.836. The minimum absolute atomic E-state index is 0. The Balaban J connectivity index is 0.00000243. The molecule has 0 aromatic heterocycles. The van der Waals surface area contributed by atoms with Gasteiger partial charge in [0.15, 0.2) is 5.66 Å². The molecule has 138 valence electrons. The second kappa shape index (κ2) is 8.07.